The van der Waals surface area contributed by atoms with Gasteiger partial charge in [0.2, 0.25) is 5.91 Å². The first-order valence-corrected chi connectivity index (χ1v) is 6.61. The molecule has 1 amide bonds. The van der Waals surface area contributed by atoms with E-state index in [0.717, 1.165) is 6.92 Å². The van der Waals surface area contributed by atoms with Gasteiger partial charge in [-0.15, -0.1) is 12.4 Å². The van der Waals surface area contributed by atoms with E-state index < -0.39 is 48.1 Å². The van der Waals surface area contributed by atoms with E-state index in [1.807, 2.05) is 0 Å². The number of aliphatic carboxylic acids is 1. The molecule has 0 heterocycles. The number of halogens is 1. The number of nitrogens with zero attached hydrogens (tertiary/aromatic N) is 1. The van der Waals surface area contributed by atoms with E-state index in [1.54, 1.807) is 21.1 Å². The average Bonchev–Trinajstić information content (AvgIpc) is 2.23. The number of amides is 1. The number of nitrogens with two attached hydrogens (primary N) is 2. The van der Waals surface area contributed by atoms with Crippen LogP contribution < -0.4 is 16.6 Å². The molecule has 134 valence electrons. The molecule has 4 N–H and O–H groups in total. The molecule has 0 aromatic carbocycles. The van der Waals surface area contributed by atoms with Gasteiger partial charge in [0.1, 0.15) is 18.4 Å². The summed E-state index contributed by atoms with van der Waals surface area (Å²) < 4.78 is 5.28. The van der Waals surface area contributed by atoms with Crippen molar-refractivity contribution in [3.8, 4) is 0 Å². The molecule has 0 spiro atoms. The second-order valence-electron chi connectivity index (χ2n) is 6.13. The van der Waals surface area contributed by atoms with E-state index in [2.05, 4.69) is 0 Å². The molecule has 9 nitrogen and oxygen atoms in total. The summed E-state index contributed by atoms with van der Waals surface area (Å²) in [4.78, 5) is 45.3. The predicted molar refractivity (Wildman–Crippen MR) is 81.0 cm³/mol. The zero-order valence-electron chi connectivity index (χ0n) is 13.6. The Morgan fingerprint density at radius 1 is 1.17 bits per heavy atom. The van der Waals surface area contributed by atoms with E-state index in [9.17, 15) is 24.3 Å². The summed E-state index contributed by atoms with van der Waals surface area (Å²) in [5.74, 6) is -5.74. The van der Waals surface area contributed by atoms with Crippen LogP contribution in [-0.4, -0.2) is 67.9 Å². The minimum atomic E-state index is -1.64. The summed E-state index contributed by atoms with van der Waals surface area (Å²) in [6, 6.07) is -1.32. The number of ether oxygens (including phenoxy) is 1. The van der Waals surface area contributed by atoms with Crippen molar-refractivity contribution in [2.75, 3.05) is 27.7 Å². The first kappa shape index (κ1) is 23.6. The zero-order valence-corrected chi connectivity index (χ0v) is 14.4. The average molecular weight is 354 g/mol. The van der Waals surface area contributed by atoms with E-state index in [1.165, 1.54) is 0 Å². The minimum Gasteiger partial charge on any atom is -0.549 e. The van der Waals surface area contributed by atoms with Gasteiger partial charge in [0.25, 0.3) is 0 Å². The SMILES string of the molecule is CC(=O)C(C(=O)[O-])C(C[N+](C)(C)C)OC(=O)[C@@H](N)CC(N)=O.Cl. The number of carboxylic acid groups (broad SMARTS) is 1. The number of hydrogen-bond donors (Lipinski definition) is 2. The Morgan fingerprint density at radius 3 is 1.96 bits per heavy atom. The third kappa shape index (κ3) is 9.11. The van der Waals surface area contributed by atoms with Crippen molar-refractivity contribution in [2.24, 2.45) is 17.4 Å². The summed E-state index contributed by atoms with van der Waals surface area (Å²) in [6.45, 7) is 1.12. The smallest absolute Gasteiger partial charge is 0.323 e. The van der Waals surface area contributed by atoms with Crippen LogP contribution in [0, 0.1) is 5.92 Å². The molecule has 3 atom stereocenters. The van der Waals surface area contributed by atoms with E-state index >= 15 is 0 Å². The molecule has 0 aromatic rings. The number of esters is 1. The molecule has 0 saturated heterocycles. The van der Waals surface area contributed by atoms with Crippen LogP contribution in [0.25, 0.3) is 0 Å². The van der Waals surface area contributed by atoms with Gasteiger partial charge in [0.15, 0.2) is 6.10 Å². The van der Waals surface area contributed by atoms with Gasteiger partial charge in [-0.25, -0.2) is 0 Å². The number of likely N-dealkylation sites (N-methyl/N-ethyl adjacent to an activating group) is 1. The molecule has 0 aromatic heterocycles. The zero-order chi connectivity index (χ0) is 17.7. The standard InChI is InChI=1S/C13H23N3O6.ClH/c1-7(17)11(12(19)20)9(6-16(2,3)4)22-13(21)8(14)5-10(15)18;/h8-9,11H,5-6,14H2,1-4H3,(H2-,15,18,19,20);1H/t8-,9?,11?;/m0./s1. The molecule has 0 radical (unpaired) electrons. The quantitative estimate of drug-likeness (QED) is 0.257. The molecular weight excluding hydrogens is 330 g/mol. The van der Waals surface area contributed by atoms with Crippen LogP contribution in [0.2, 0.25) is 0 Å². The molecule has 23 heavy (non-hydrogen) atoms. The largest absolute Gasteiger partial charge is 0.549 e. The summed E-state index contributed by atoms with van der Waals surface area (Å²) in [5.41, 5.74) is 10.4. The molecule has 0 aliphatic carbocycles. The number of primary amides is 1. The highest BCUT2D eigenvalue weighted by molar-refractivity contribution is 5.97. The van der Waals surface area contributed by atoms with Gasteiger partial charge >= 0.3 is 5.97 Å². The number of rotatable bonds is 9. The van der Waals surface area contributed by atoms with Crippen molar-refractivity contribution in [3.05, 3.63) is 0 Å². The molecule has 0 bridgehead atoms. The van der Waals surface area contributed by atoms with E-state index in [4.69, 9.17) is 16.2 Å². The summed E-state index contributed by atoms with van der Waals surface area (Å²) in [5, 5.41) is 11.2. The Labute approximate surface area is 140 Å². The minimum absolute atomic E-state index is 0. The lowest BCUT2D eigenvalue weighted by atomic mass is 9.97. The maximum absolute atomic E-state index is 11.8. The van der Waals surface area contributed by atoms with Gasteiger partial charge in [-0.05, 0) is 6.92 Å². The van der Waals surface area contributed by atoms with Crippen molar-refractivity contribution in [3.63, 3.8) is 0 Å². The topological polar surface area (TPSA) is 153 Å². The highest BCUT2D eigenvalue weighted by Crippen LogP contribution is 2.14. The van der Waals surface area contributed by atoms with Gasteiger partial charge in [0, 0.05) is 0 Å². The third-order valence-corrected chi connectivity index (χ3v) is 2.78. The van der Waals surface area contributed by atoms with Crippen LogP contribution in [0.4, 0.5) is 0 Å². The van der Waals surface area contributed by atoms with Gasteiger partial charge in [-0.1, -0.05) is 0 Å². The lowest BCUT2D eigenvalue weighted by Crippen LogP contribution is -2.53. The summed E-state index contributed by atoms with van der Waals surface area (Å²) in [6.07, 6.45) is -1.69. The van der Waals surface area contributed by atoms with Crippen molar-refractivity contribution >= 4 is 36.0 Å². The fourth-order valence-electron chi connectivity index (χ4n) is 1.87. The Bertz CT molecular complexity index is 449. The lowest BCUT2D eigenvalue weighted by Gasteiger charge is -2.33. The molecule has 0 rings (SSSR count). The third-order valence-electron chi connectivity index (χ3n) is 2.78. The van der Waals surface area contributed by atoms with Crippen molar-refractivity contribution in [1.82, 2.24) is 0 Å². The molecule has 10 heteroatoms. The number of carboxylic acids is 1. The van der Waals surface area contributed by atoms with Crippen LogP contribution in [-0.2, 0) is 23.9 Å². The van der Waals surface area contributed by atoms with Gasteiger partial charge in [-0.2, -0.15) is 0 Å². The number of quaternary nitrogens is 1. The molecule has 0 aliphatic rings. The van der Waals surface area contributed by atoms with Crippen molar-refractivity contribution < 1.29 is 33.5 Å². The maximum atomic E-state index is 11.8. The van der Waals surface area contributed by atoms with Crippen LogP contribution >= 0.6 is 12.4 Å². The van der Waals surface area contributed by atoms with Crippen LogP contribution in [0.15, 0.2) is 0 Å². The van der Waals surface area contributed by atoms with Crippen molar-refractivity contribution in [1.29, 1.82) is 0 Å². The number of Topliss-reactive ketones (excluding diaryl/α,β-unsaturated/α-hetero) is 1. The Morgan fingerprint density at radius 2 is 1.65 bits per heavy atom. The number of hydrogen-bond acceptors (Lipinski definition) is 7. The molecule has 0 aliphatic heterocycles. The first-order chi connectivity index (χ1) is 9.85. The maximum Gasteiger partial charge on any atom is 0.323 e. The highest BCUT2D eigenvalue weighted by atomic mass is 35.5. The second-order valence-corrected chi connectivity index (χ2v) is 6.13. The van der Waals surface area contributed by atoms with E-state index in [-0.39, 0.29) is 23.4 Å². The molecule has 0 saturated carbocycles. The fraction of sp³-hybridized carbons (Fsp3) is 0.692. The molecule has 2 unspecified atom stereocenters. The van der Waals surface area contributed by atoms with Gasteiger partial charge < -0.3 is 30.6 Å². The Balaban J connectivity index is 0. The normalized spacial score (nSPS) is 14.8. The van der Waals surface area contributed by atoms with Gasteiger partial charge in [-0.3, -0.25) is 14.4 Å². The molecule has 0 fully saturated rings. The van der Waals surface area contributed by atoms with Crippen LogP contribution in [0.1, 0.15) is 13.3 Å². The Hall–Kier alpha value is -1.71. The number of ketones is 1. The van der Waals surface area contributed by atoms with Crippen LogP contribution in [0.3, 0.4) is 0 Å². The molecular formula is C13H24ClN3O6. The van der Waals surface area contributed by atoms with Crippen molar-refractivity contribution in [2.45, 2.75) is 25.5 Å². The Kier molecular flexibility index (Phi) is 9.66. The second kappa shape index (κ2) is 9.43. The van der Waals surface area contributed by atoms with E-state index in [0.29, 0.717) is 0 Å². The number of carbonyl (C=O) groups excluding carboxylic acids is 4. The first-order valence-electron chi connectivity index (χ1n) is 6.61. The number of carbonyl (C=O) groups is 4. The van der Waals surface area contributed by atoms with Gasteiger partial charge in [0.05, 0.1) is 39.5 Å². The fourth-order valence-corrected chi connectivity index (χ4v) is 1.87. The monoisotopic (exact) mass is 353 g/mol. The van der Waals surface area contributed by atoms with Crippen LogP contribution in [0.5, 0.6) is 0 Å². The summed E-state index contributed by atoms with van der Waals surface area (Å²) >= 11 is 0. The highest BCUT2D eigenvalue weighted by Gasteiger charge is 2.35. The lowest BCUT2D eigenvalue weighted by molar-refractivity contribution is -0.873. The summed E-state index contributed by atoms with van der Waals surface area (Å²) in [7, 11) is 5.20. The predicted octanol–water partition coefficient (Wildman–Crippen LogP) is -2.82.